The predicted molar refractivity (Wildman–Crippen MR) is 159 cm³/mol. The summed E-state index contributed by atoms with van der Waals surface area (Å²) in [4.78, 5) is 49.9. The Morgan fingerprint density at radius 1 is 0.725 bits per heavy atom. The quantitative estimate of drug-likeness (QED) is 0.217. The number of thioether (sulfide) groups is 2. The Labute approximate surface area is 247 Å². The minimum absolute atomic E-state index is 0.153. The van der Waals surface area contributed by atoms with E-state index in [1.54, 1.807) is 60.7 Å². The number of ether oxygens (including phenoxy) is 2. The lowest BCUT2D eigenvalue weighted by Crippen LogP contribution is -2.33. The van der Waals surface area contributed by atoms with Gasteiger partial charge in [-0.15, -0.1) is 0 Å². The molecule has 0 saturated carbocycles. The number of carbonyl (C=O) groups is 4. The largest absolute Gasteiger partial charge is 0.489 e. The van der Waals surface area contributed by atoms with Gasteiger partial charge in [0.25, 0.3) is 11.8 Å². The molecule has 2 heterocycles. The first-order chi connectivity index (χ1) is 19.1. The molecule has 0 radical (unpaired) electrons. The van der Waals surface area contributed by atoms with Crippen molar-refractivity contribution in [2.75, 3.05) is 26.3 Å². The first kappa shape index (κ1) is 29.3. The molecule has 2 aliphatic heterocycles. The molecular formula is C26H20N2O8S4. The van der Waals surface area contributed by atoms with Gasteiger partial charge in [0, 0.05) is 11.1 Å². The van der Waals surface area contributed by atoms with E-state index in [-0.39, 0.29) is 21.9 Å². The second kappa shape index (κ2) is 13.1. The number of aliphatic carboxylic acids is 2. The first-order valence-electron chi connectivity index (χ1n) is 11.5. The zero-order chi connectivity index (χ0) is 28.8. The Bertz CT molecular complexity index is 1360. The lowest BCUT2D eigenvalue weighted by Gasteiger charge is -2.12. The number of hydrogen-bond acceptors (Lipinski definition) is 10. The molecule has 14 heteroatoms. The number of benzene rings is 2. The highest BCUT2D eigenvalue weighted by Gasteiger charge is 2.34. The molecule has 0 bridgehead atoms. The monoisotopic (exact) mass is 616 g/mol. The molecule has 0 aliphatic carbocycles. The van der Waals surface area contributed by atoms with Crippen LogP contribution >= 0.6 is 48.0 Å². The van der Waals surface area contributed by atoms with Gasteiger partial charge in [-0.25, -0.2) is 0 Å². The molecule has 10 nitrogen and oxygen atoms in total. The fourth-order valence-electron chi connectivity index (χ4n) is 3.59. The van der Waals surface area contributed by atoms with Gasteiger partial charge in [0.15, 0.2) is 0 Å². The van der Waals surface area contributed by atoms with Gasteiger partial charge in [-0.2, -0.15) is 0 Å². The summed E-state index contributed by atoms with van der Waals surface area (Å²) in [6.07, 6.45) is 3.21. The average molecular weight is 617 g/mol. The van der Waals surface area contributed by atoms with Crippen LogP contribution in [0.25, 0.3) is 12.2 Å². The molecule has 2 aromatic rings. The fourth-order valence-corrected chi connectivity index (χ4v) is 6.08. The third kappa shape index (κ3) is 7.07. The SMILES string of the molecule is O=C(O)CN1C(=O)C(=Cc2ccccc2OCCOc2ccccc2C=C2SC(=S)N(CC(=O)O)C2=O)SC1=S. The highest BCUT2D eigenvalue weighted by Crippen LogP contribution is 2.35. The molecule has 0 aromatic heterocycles. The number of hydrogen-bond donors (Lipinski definition) is 2. The second-order valence-corrected chi connectivity index (χ2v) is 11.4. The van der Waals surface area contributed by atoms with Crippen molar-refractivity contribution in [3.8, 4) is 11.5 Å². The van der Waals surface area contributed by atoms with E-state index in [1.165, 1.54) is 0 Å². The van der Waals surface area contributed by atoms with Crippen molar-refractivity contribution < 1.29 is 38.9 Å². The summed E-state index contributed by atoms with van der Waals surface area (Å²) in [7, 11) is 0. The van der Waals surface area contributed by atoms with Crippen LogP contribution in [-0.2, 0) is 19.2 Å². The highest BCUT2D eigenvalue weighted by atomic mass is 32.2. The summed E-state index contributed by atoms with van der Waals surface area (Å²) >= 11 is 12.3. The van der Waals surface area contributed by atoms with Crippen LogP contribution in [-0.4, -0.2) is 78.7 Å². The molecule has 0 unspecified atom stereocenters. The van der Waals surface area contributed by atoms with E-state index in [4.69, 9.17) is 44.1 Å². The molecule has 0 spiro atoms. The van der Waals surface area contributed by atoms with Gasteiger partial charge >= 0.3 is 11.9 Å². The third-order valence-corrected chi connectivity index (χ3v) is 8.10. The van der Waals surface area contributed by atoms with Crippen molar-refractivity contribution >= 4 is 92.5 Å². The molecule has 2 saturated heterocycles. The van der Waals surface area contributed by atoms with Crippen LogP contribution in [0.5, 0.6) is 11.5 Å². The third-order valence-electron chi connectivity index (χ3n) is 5.34. The van der Waals surface area contributed by atoms with Crippen LogP contribution in [0.3, 0.4) is 0 Å². The minimum atomic E-state index is -1.16. The Morgan fingerprint density at radius 2 is 1.10 bits per heavy atom. The number of amides is 2. The summed E-state index contributed by atoms with van der Waals surface area (Å²) in [5, 5.41) is 18.0. The normalized spacial score (nSPS) is 17.3. The Morgan fingerprint density at radius 3 is 1.48 bits per heavy atom. The Hall–Kier alpha value is -3.72. The fraction of sp³-hybridized carbons (Fsp3) is 0.154. The molecule has 2 aliphatic rings. The van der Waals surface area contributed by atoms with Crippen LogP contribution < -0.4 is 9.47 Å². The van der Waals surface area contributed by atoms with Crippen molar-refractivity contribution in [3.63, 3.8) is 0 Å². The molecule has 206 valence electrons. The van der Waals surface area contributed by atoms with Gasteiger partial charge in [-0.05, 0) is 24.3 Å². The second-order valence-electron chi connectivity index (χ2n) is 8.10. The zero-order valence-corrected chi connectivity index (χ0v) is 23.7. The summed E-state index contributed by atoms with van der Waals surface area (Å²) in [5.41, 5.74) is 1.23. The van der Waals surface area contributed by atoms with Crippen LogP contribution in [0, 0.1) is 0 Å². The van der Waals surface area contributed by atoms with Gasteiger partial charge in [0.1, 0.15) is 46.4 Å². The van der Waals surface area contributed by atoms with E-state index in [9.17, 15) is 19.2 Å². The summed E-state index contributed by atoms with van der Waals surface area (Å²) in [6, 6.07) is 14.1. The number of thiocarbonyl (C=S) groups is 2. The smallest absolute Gasteiger partial charge is 0.323 e. The number of carboxylic acid groups (broad SMARTS) is 2. The van der Waals surface area contributed by atoms with Gasteiger partial charge < -0.3 is 19.7 Å². The average Bonchev–Trinajstić information content (AvgIpc) is 3.32. The predicted octanol–water partition coefficient (Wildman–Crippen LogP) is 3.72. The highest BCUT2D eigenvalue weighted by molar-refractivity contribution is 8.27. The van der Waals surface area contributed by atoms with Gasteiger partial charge in [-0.3, -0.25) is 29.0 Å². The summed E-state index contributed by atoms with van der Waals surface area (Å²) in [6.45, 7) is -0.703. The lowest BCUT2D eigenvalue weighted by molar-refractivity contribution is -0.140. The molecule has 2 aromatic carbocycles. The van der Waals surface area contributed by atoms with Crippen molar-refractivity contribution in [1.29, 1.82) is 0 Å². The van der Waals surface area contributed by atoms with E-state index >= 15 is 0 Å². The first-order valence-corrected chi connectivity index (χ1v) is 14.0. The van der Waals surface area contributed by atoms with Crippen LogP contribution in [0.2, 0.25) is 0 Å². The van der Waals surface area contributed by atoms with E-state index in [0.717, 1.165) is 33.3 Å². The van der Waals surface area contributed by atoms with Crippen LogP contribution in [0.15, 0.2) is 58.3 Å². The molecule has 2 amide bonds. The van der Waals surface area contributed by atoms with Crippen molar-refractivity contribution in [2.24, 2.45) is 0 Å². The van der Waals surface area contributed by atoms with Gasteiger partial charge in [-0.1, -0.05) is 84.4 Å². The number of para-hydroxylation sites is 2. The summed E-state index contributed by atoms with van der Waals surface area (Å²) in [5.74, 6) is -2.29. The molecular weight excluding hydrogens is 597 g/mol. The van der Waals surface area contributed by atoms with Crippen molar-refractivity contribution in [3.05, 3.63) is 69.5 Å². The number of carbonyl (C=O) groups excluding carboxylic acids is 2. The topological polar surface area (TPSA) is 134 Å². The maximum absolute atomic E-state index is 12.6. The number of carboxylic acids is 2. The van der Waals surface area contributed by atoms with Crippen LogP contribution in [0.1, 0.15) is 11.1 Å². The molecule has 4 rings (SSSR count). The minimum Gasteiger partial charge on any atom is -0.489 e. The molecule has 2 fully saturated rings. The van der Waals surface area contributed by atoms with E-state index in [0.29, 0.717) is 32.4 Å². The van der Waals surface area contributed by atoms with Gasteiger partial charge in [0.05, 0.1) is 9.81 Å². The molecule has 40 heavy (non-hydrogen) atoms. The van der Waals surface area contributed by atoms with Crippen molar-refractivity contribution in [2.45, 2.75) is 0 Å². The zero-order valence-electron chi connectivity index (χ0n) is 20.5. The van der Waals surface area contributed by atoms with Crippen molar-refractivity contribution in [1.82, 2.24) is 9.80 Å². The van der Waals surface area contributed by atoms with E-state index in [2.05, 4.69) is 0 Å². The maximum Gasteiger partial charge on any atom is 0.323 e. The lowest BCUT2D eigenvalue weighted by atomic mass is 10.2. The Kier molecular flexibility index (Phi) is 9.58. The summed E-state index contributed by atoms with van der Waals surface area (Å²) < 4.78 is 12.1. The van der Waals surface area contributed by atoms with Gasteiger partial charge in [0.2, 0.25) is 0 Å². The standard InChI is InChI=1S/C26H20N2O8S4/c29-21(30)13-27-23(33)19(39-25(27)37)11-15-5-1-3-7-17(15)35-9-10-36-18-8-4-2-6-16(18)12-20-24(34)28(14-22(31)32)26(38)40-20/h1-8,11-12H,9-10,13-14H2,(H,29,30)(H,31,32). The maximum atomic E-state index is 12.6. The molecule has 2 N–H and O–H groups in total. The van der Waals surface area contributed by atoms with E-state index in [1.807, 2.05) is 0 Å². The van der Waals surface area contributed by atoms with E-state index < -0.39 is 36.8 Å². The number of nitrogens with zero attached hydrogens (tertiary/aromatic N) is 2. The number of rotatable bonds is 11. The van der Waals surface area contributed by atoms with Crippen LogP contribution in [0.4, 0.5) is 0 Å². The Balaban J connectivity index is 1.40. The molecule has 0 atom stereocenters.